The molecule has 0 aliphatic heterocycles. The molecule has 5 nitrogen and oxygen atoms in total. The number of carbonyl (C=O) groups excluding carboxylic acids is 2. The first-order chi connectivity index (χ1) is 9.93. The summed E-state index contributed by atoms with van der Waals surface area (Å²) in [6.45, 7) is 2.27. The Balaban J connectivity index is 2.65. The molecule has 1 aromatic rings. The van der Waals surface area contributed by atoms with E-state index in [2.05, 4.69) is 15.9 Å². The van der Waals surface area contributed by atoms with E-state index in [0.717, 1.165) is 4.47 Å². The van der Waals surface area contributed by atoms with E-state index in [4.69, 9.17) is 5.11 Å². The molecule has 0 saturated heterocycles. The van der Waals surface area contributed by atoms with Crippen LogP contribution in [0.2, 0.25) is 0 Å². The van der Waals surface area contributed by atoms with E-state index >= 15 is 0 Å². The fraction of sp³-hybridized carbons (Fsp3) is 0.267. The number of likely N-dealkylation sites (N-methyl/N-ethyl adjacent to an activating group) is 1. The van der Waals surface area contributed by atoms with Crippen molar-refractivity contribution in [3.05, 3.63) is 46.5 Å². The summed E-state index contributed by atoms with van der Waals surface area (Å²) < 4.78 is 0.866. The van der Waals surface area contributed by atoms with Crippen molar-refractivity contribution >= 4 is 33.6 Å². The highest BCUT2D eigenvalue weighted by molar-refractivity contribution is 9.10. The predicted molar refractivity (Wildman–Crippen MR) is 82.1 cm³/mol. The summed E-state index contributed by atoms with van der Waals surface area (Å²) in [7, 11) is 0. The maximum absolute atomic E-state index is 11.9. The number of benzene rings is 1. The summed E-state index contributed by atoms with van der Waals surface area (Å²) in [4.78, 5) is 35.6. The van der Waals surface area contributed by atoms with E-state index in [1.807, 2.05) is 0 Å². The van der Waals surface area contributed by atoms with Crippen molar-refractivity contribution < 1.29 is 19.5 Å². The highest BCUT2D eigenvalue weighted by atomic mass is 79.9. The quantitative estimate of drug-likeness (QED) is 0.603. The summed E-state index contributed by atoms with van der Waals surface area (Å²) in [5.41, 5.74) is 0.482. The first-order valence-electron chi connectivity index (χ1n) is 6.42. The number of carbonyl (C=O) groups is 3. The zero-order valence-corrected chi connectivity index (χ0v) is 13.2. The van der Waals surface area contributed by atoms with Crippen LogP contribution in [0.4, 0.5) is 0 Å². The number of hydrogen-bond acceptors (Lipinski definition) is 3. The molecule has 0 radical (unpaired) electrons. The molecule has 0 spiro atoms. The Morgan fingerprint density at radius 3 is 2.33 bits per heavy atom. The average Bonchev–Trinajstić information content (AvgIpc) is 2.45. The number of nitrogens with zero attached hydrogens (tertiary/aromatic N) is 1. The van der Waals surface area contributed by atoms with Crippen molar-refractivity contribution in [2.24, 2.45) is 0 Å². The molecular formula is C15H16BrNO4. The number of amides is 1. The van der Waals surface area contributed by atoms with Crippen LogP contribution in [0, 0.1) is 0 Å². The second-order valence-corrected chi connectivity index (χ2v) is 5.18. The van der Waals surface area contributed by atoms with E-state index in [-0.39, 0.29) is 24.7 Å². The number of ketones is 1. The van der Waals surface area contributed by atoms with Crippen molar-refractivity contribution in [2.75, 3.05) is 13.1 Å². The maximum Gasteiger partial charge on any atom is 0.305 e. The normalized spacial score (nSPS) is 10.6. The Hall–Kier alpha value is -1.95. The van der Waals surface area contributed by atoms with Gasteiger partial charge in [0.1, 0.15) is 0 Å². The van der Waals surface area contributed by atoms with Gasteiger partial charge < -0.3 is 10.0 Å². The molecule has 0 aromatic heterocycles. The van der Waals surface area contributed by atoms with Crippen LogP contribution in [-0.2, 0) is 9.59 Å². The number of halogens is 1. The molecule has 1 amide bonds. The molecule has 1 N–H and O–H groups in total. The molecule has 6 heteroatoms. The zero-order valence-electron chi connectivity index (χ0n) is 11.6. The molecule has 21 heavy (non-hydrogen) atoms. The van der Waals surface area contributed by atoms with E-state index in [9.17, 15) is 14.4 Å². The molecule has 112 valence electrons. The minimum atomic E-state index is -0.962. The first-order valence-corrected chi connectivity index (χ1v) is 7.22. The van der Waals surface area contributed by atoms with E-state index in [0.29, 0.717) is 12.1 Å². The minimum absolute atomic E-state index is 0.117. The standard InChI is InChI=1S/C15H16BrNO4/c1-2-17(10-9-15(20)21)14(19)8-7-13(18)11-3-5-12(16)6-4-11/h3-8H,2,9-10H2,1H3,(H,20,21)/b8-7+. The lowest BCUT2D eigenvalue weighted by Crippen LogP contribution is -2.31. The van der Waals surface area contributed by atoms with Crippen LogP contribution in [0.5, 0.6) is 0 Å². The van der Waals surface area contributed by atoms with Crippen LogP contribution in [-0.4, -0.2) is 40.8 Å². The van der Waals surface area contributed by atoms with Crippen LogP contribution in [0.3, 0.4) is 0 Å². The molecule has 0 bridgehead atoms. The van der Waals surface area contributed by atoms with Gasteiger partial charge in [-0.3, -0.25) is 14.4 Å². The lowest BCUT2D eigenvalue weighted by Gasteiger charge is -2.17. The van der Waals surface area contributed by atoms with Gasteiger partial charge in [0, 0.05) is 29.2 Å². The number of carboxylic acids is 1. The topological polar surface area (TPSA) is 74.7 Å². The lowest BCUT2D eigenvalue weighted by atomic mass is 10.1. The zero-order chi connectivity index (χ0) is 15.8. The monoisotopic (exact) mass is 353 g/mol. The number of aliphatic carboxylic acids is 1. The van der Waals surface area contributed by atoms with Gasteiger partial charge in [0.15, 0.2) is 5.78 Å². The molecule has 0 unspecified atom stereocenters. The van der Waals surface area contributed by atoms with Crippen molar-refractivity contribution in [1.29, 1.82) is 0 Å². The van der Waals surface area contributed by atoms with Gasteiger partial charge in [0.25, 0.3) is 0 Å². The smallest absolute Gasteiger partial charge is 0.305 e. The number of carboxylic acid groups (broad SMARTS) is 1. The Morgan fingerprint density at radius 2 is 1.81 bits per heavy atom. The SMILES string of the molecule is CCN(CCC(=O)O)C(=O)/C=C/C(=O)c1ccc(Br)cc1. The van der Waals surface area contributed by atoms with Gasteiger partial charge in [0.2, 0.25) is 5.91 Å². The second-order valence-electron chi connectivity index (χ2n) is 4.27. The van der Waals surface area contributed by atoms with Gasteiger partial charge in [-0.05, 0) is 37.3 Å². The van der Waals surface area contributed by atoms with Crippen molar-refractivity contribution in [3.8, 4) is 0 Å². The molecule has 0 saturated carbocycles. The third-order valence-corrected chi connectivity index (χ3v) is 3.32. The van der Waals surface area contributed by atoms with Gasteiger partial charge in [0.05, 0.1) is 6.42 Å². The molecule has 0 atom stereocenters. The fourth-order valence-corrected chi connectivity index (χ4v) is 1.88. The summed E-state index contributed by atoms with van der Waals surface area (Å²) in [6, 6.07) is 6.80. The predicted octanol–water partition coefficient (Wildman–Crippen LogP) is 2.51. The van der Waals surface area contributed by atoms with Gasteiger partial charge in [-0.25, -0.2) is 0 Å². The van der Waals surface area contributed by atoms with Crippen molar-refractivity contribution in [1.82, 2.24) is 4.90 Å². The van der Waals surface area contributed by atoms with Crippen LogP contribution in [0.1, 0.15) is 23.7 Å². The molecule has 0 fully saturated rings. The van der Waals surface area contributed by atoms with Crippen LogP contribution < -0.4 is 0 Å². The number of rotatable bonds is 7. The van der Waals surface area contributed by atoms with Gasteiger partial charge in [-0.15, -0.1) is 0 Å². The molecule has 0 aliphatic carbocycles. The fourth-order valence-electron chi connectivity index (χ4n) is 1.62. The second kappa shape index (κ2) is 8.36. The molecule has 0 heterocycles. The van der Waals surface area contributed by atoms with E-state index in [1.54, 1.807) is 31.2 Å². The van der Waals surface area contributed by atoms with Gasteiger partial charge >= 0.3 is 5.97 Å². The Kier molecular flexibility index (Phi) is 6.81. The van der Waals surface area contributed by atoms with E-state index in [1.165, 1.54) is 17.1 Å². The van der Waals surface area contributed by atoms with Crippen molar-refractivity contribution in [3.63, 3.8) is 0 Å². The molecular weight excluding hydrogens is 338 g/mol. The minimum Gasteiger partial charge on any atom is -0.481 e. The largest absolute Gasteiger partial charge is 0.481 e. The Bertz CT molecular complexity index is 551. The summed E-state index contributed by atoms with van der Waals surface area (Å²) in [6.07, 6.45) is 2.26. The average molecular weight is 354 g/mol. The Labute approximate surface area is 131 Å². The van der Waals surface area contributed by atoms with Gasteiger partial charge in [-0.2, -0.15) is 0 Å². The lowest BCUT2D eigenvalue weighted by molar-refractivity contribution is -0.137. The molecule has 1 rings (SSSR count). The number of hydrogen-bond donors (Lipinski definition) is 1. The highest BCUT2D eigenvalue weighted by Gasteiger charge is 2.11. The number of allylic oxidation sites excluding steroid dienone is 1. The maximum atomic E-state index is 11.9. The first kappa shape index (κ1) is 17.1. The highest BCUT2D eigenvalue weighted by Crippen LogP contribution is 2.11. The van der Waals surface area contributed by atoms with Crippen LogP contribution >= 0.6 is 15.9 Å². The summed E-state index contributed by atoms with van der Waals surface area (Å²) in [5.74, 6) is -1.61. The molecule has 1 aromatic carbocycles. The third kappa shape index (κ3) is 5.91. The van der Waals surface area contributed by atoms with Crippen molar-refractivity contribution in [2.45, 2.75) is 13.3 Å². The van der Waals surface area contributed by atoms with Crippen LogP contribution in [0.25, 0.3) is 0 Å². The summed E-state index contributed by atoms with van der Waals surface area (Å²) >= 11 is 3.28. The van der Waals surface area contributed by atoms with Gasteiger partial charge in [-0.1, -0.05) is 15.9 Å². The van der Waals surface area contributed by atoms with E-state index < -0.39 is 5.97 Å². The Morgan fingerprint density at radius 1 is 1.19 bits per heavy atom. The van der Waals surface area contributed by atoms with Crippen LogP contribution in [0.15, 0.2) is 40.9 Å². The molecule has 0 aliphatic rings. The third-order valence-electron chi connectivity index (χ3n) is 2.80. The summed E-state index contributed by atoms with van der Waals surface area (Å²) in [5, 5.41) is 8.61.